The number of rotatable bonds is 4. The molecule has 198 valence electrons. The molecular weight excluding hydrogens is 497 g/mol. The first-order chi connectivity index (χ1) is 17.3. The number of halogens is 2. The van der Waals surface area contributed by atoms with Crippen molar-refractivity contribution < 1.29 is 28.6 Å². The fourth-order valence-corrected chi connectivity index (χ4v) is 8.57. The van der Waals surface area contributed by atoms with Crippen LogP contribution in [0.3, 0.4) is 0 Å². The number of benzene rings is 1. The molecule has 0 aliphatic heterocycles. The van der Waals surface area contributed by atoms with Gasteiger partial charge < -0.3 is 15.6 Å². The summed E-state index contributed by atoms with van der Waals surface area (Å²) in [5.41, 5.74) is 1.24. The molecule has 0 spiro atoms. The summed E-state index contributed by atoms with van der Waals surface area (Å²) in [6, 6.07) is 6.31. The molecule has 0 heterocycles. The van der Waals surface area contributed by atoms with Crippen molar-refractivity contribution in [1.82, 2.24) is 0 Å². The standard InChI is InChI=1S/C29H33ClFNO5/c1-16-11-22-21-8-7-18-13-20(33)9-10-26(18,2)28(21,31)23(34)14-27(22,3)29(16,24(35)15-30)37-25(36)17-5-4-6-19(32)12-17/h4-6,9-10,12-13,16,21-23,34H,7-8,11,14-15,32H2,1-3H3/t16-,21+,22+,23+,26+,27+,28+,29+/m1/s1. The van der Waals surface area contributed by atoms with E-state index in [9.17, 15) is 19.5 Å². The summed E-state index contributed by atoms with van der Waals surface area (Å²) in [6.07, 6.45) is 4.27. The molecule has 0 unspecified atom stereocenters. The minimum Gasteiger partial charge on any atom is -0.447 e. The first-order valence-electron chi connectivity index (χ1n) is 12.8. The molecule has 5 rings (SSSR count). The van der Waals surface area contributed by atoms with Gasteiger partial charge in [-0.15, -0.1) is 11.6 Å². The van der Waals surface area contributed by atoms with Crippen LogP contribution >= 0.6 is 11.6 Å². The fraction of sp³-hybridized carbons (Fsp3) is 0.552. The Kier molecular flexibility index (Phi) is 6.00. The highest BCUT2D eigenvalue weighted by Crippen LogP contribution is 2.71. The number of allylic oxidation sites excluding steroid dienone is 4. The Morgan fingerprint density at radius 1 is 1.27 bits per heavy atom. The number of ether oxygens (including phenoxy) is 1. The number of ketones is 2. The van der Waals surface area contributed by atoms with Crippen molar-refractivity contribution in [3.05, 3.63) is 53.6 Å². The molecule has 1 aromatic carbocycles. The van der Waals surface area contributed by atoms with Crippen LogP contribution in [-0.4, -0.2) is 45.9 Å². The molecule has 3 saturated carbocycles. The molecule has 8 atom stereocenters. The summed E-state index contributed by atoms with van der Waals surface area (Å²) in [6.45, 7) is 5.41. The highest BCUT2D eigenvalue weighted by atomic mass is 35.5. The van der Waals surface area contributed by atoms with E-state index in [0.717, 1.165) is 0 Å². The van der Waals surface area contributed by atoms with E-state index in [0.29, 0.717) is 30.5 Å². The van der Waals surface area contributed by atoms with Crippen molar-refractivity contribution in [1.29, 1.82) is 0 Å². The number of carbonyl (C=O) groups is 3. The average Bonchev–Trinajstić information content (AvgIpc) is 3.07. The SMILES string of the molecule is C[C@@H]1C[C@H]2[C@@H]3CCC4=CC(=O)C=C[C@]4(C)[C@@]3(F)[C@@H](O)C[C@]2(C)[C@@]1(OC(=O)c1cccc(N)c1)C(=O)CCl. The number of aliphatic hydroxyl groups excluding tert-OH is 1. The Morgan fingerprint density at radius 2 is 2.00 bits per heavy atom. The van der Waals surface area contributed by atoms with E-state index in [1.807, 2.05) is 13.8 Å². The highest BCUT2D eigenvalue weighted by molar-refractivity contribution is 6.29. The maximum absolute atomic E-state index is 17.4. The van der Waals surface area contributed by atoms with Gasteiger partial charge in [0.25, 0.3) is 0 Å². The van der Waals surface area contributed by atoms with Gasteiger partial charge in [-0.3, -0.25) is 9.59 Å². The van der Waals surface area contributed by atoms with Crippen LogP contribution in [0.1, 0.15) is 56.8 Å². The maximum Gasteiger partial charge on any atom is 0.339 e. The van der Waals surface area contributed by atoms with Crippen LogP contribution in [0.4, 0.5) is 10.1 Å². The molecule has 8 heteroatoms. The van der Waals surface area contributed by atoms with Gasteiger partial charge >= 0.3 is 5.97 Å². The van der Waals surface area contributed by atoms with Gasteiger partial charge in [-0.25, -0.2) is 9.18 Å². The molecular formula is C29H33ClFNO5. The van der Waals surface area contributed by atoms with E-state index in [2.05, 4.69) is 0 Å². The van der Waals surface area contributed by atoms with Gasteiger partial charge in [-0.2, -0.15) is 0 Å². The Morgan fingerprint density at radius 3 is 2.68 bits per heavy atom. The molecule has 0 radical (unpaired) electrons. The number of Topliss-reactive ketones (excluding diaryl/α,β-unsaturated/α-hetero) is 1. The van der Waals surface area contributed by atoms with E-state index in [4.69, 9.17) is 22.1 Å². The molecule has 0 bridgehead atoms. The zero-order valence-corrected chi connectivity index (χ0v) is 22.1. The van der Waals surface area contributed by atoms with Crippen molar-refractivity contribution in [2.24, 2.45) is 28.6 Å². The molecule has 4 aliphatic rings. The lowest BCUT2D eigenvalue weighted by atomic mass is 9.44. The van der Waals surface area contributed by atoms with Crippen LogP contribution in [-0.2, 0) is 14.3 Å². The minimum atomic E-state index is -2.05. The molecule has 0 saturated heterocycles. The predicted octanol–water partition coefficient (Wildman–Crippen LogP) is 4.59. The lowest BCUT2D eigenvalue weighted by Gasteiger charge is -2.62. The molecule has 4 aliphatic carbocycles. The second kappa shape index (κ2) is 8.50. The summed E-state index contributed by atoms with van der Waals surface area (Å²) in [4.78, 5) is 39.1. The first-order valence-corrected chi connectivity index (χ1v) is 13.4. The Balaban J connectivity index is 1.60. The van der Waals surface area contributed by atoms with Gasteiger partial charge in [0.05, 0.1) is 17.5 Å². The van der Waals surface area contributed by atoms with Gasteiger partial charge in [-0.05, 0) is 68.9 Å². The summed E-state index contributed by atoms with van der Waals surface area (Å²) in [7, 11) is 0. The normalized spacial score (nSPS) is 42.3. The van der Waals surface area contributed by atoms with Gasteiger partial charge in [-0.1, -0.05) is 31.6 Å². The van der Waals surface area contributed by atoms with Gasteiger partial charge in [0.1, 0.15) is 0 Å². The molecule has 3 fully saturated rings. The molecule has 1 aromatic rings. The summed E-state index contributed by atoms with van der Waals surface area (Å²) < 4.78 is 23.6. The Hall–Kier alpha value is -2.51. The minimum absolute atomic E-state index is 0.0908. The van der Waals surface area contributed by atoms with E-state index in [1.165, 1.54) is 18.2 Å². The number of aliphatic hydroxyl groups is 1. The lowest BCUT2D eigenvalue weighted by Crippen LogP contribution is -2.70. The molecule has 0 aromatic heterocycles. The number of fused-ring (bicyclic) bond motifs is 5. The van der Waals surface area contributed by atoms with Crippen LogP contribution in [0.2, 0.25) is 0 Å². The highest BCUT2D eigenvalue weighted by Gasteiger charge is 2.77. The zero-order valence-electron chi connectivity index (χ0n) is 21.3. The smallest absolute Gasteiger partial charge is 0.339 e. The second-order valence-electron chi connectivity index (χ2n) is 11.7. The van der Waals surface area contributed by atoms with Crippen LogP contribution < -0.4 is 5.73 Å². The van der Waals surface area contributed by atoms with E-state index in [-0.39, 0.29) is 29.6 Å². The molecule has 3 N–H and O–H groups in total. The number of esters is 1. The number of nitrogens with two attached hydrogens (primary N) is 1. The number of anilines is 1. The van der Waals surface area contributed by atoms with Crippen LogP contribution in [0, 0.1) is 28.6 Å². The topological polar surface area (TPSA) is 107 Å². The van der Waals surface area contributed by atoms with Crippen molar-refractivity contribution in [2.45, 2.75) is 63.8 Å². The first kappa shape index (κ1) is 26.1. The van der Waals surface area contributed by atoms with Crippen LogP contribution in [0.25, 0.3) is 0 Å². The van der Waals surface area contributed by atoms with E-state index < -0.39 is 51.8 Å². The van der Waals surface area contributed by atoms with Crippen LogP contribution in [0.15, 0.2) is 48.1 Å². The maximum atomic E-state index is 17.4. The third-order valence-electron chi connectivity index (χ3n) is 10.1. The third kappa shape index (κ3) is 3.29. The lowest BCUT2D eigenvalue weighted by molar-refractivity contribution is -0.218. The fourth-order valence-electron chi connectivity index (χ4n) is 8.37. The van der Waals surface area contributed by atoms with Crippen molar-refractivity contribution in [3.63, 3.8) is 0 Å². The van der Waals surface area contributed by atoms with E-state index >= 15 is 4.39 Å². The predicted molar refractivity (Wildman–Crippen MR) is 138 cm³/mol. The Labute approximate surface area is 221 Å². The molecule has 6 nitrogen and oxygen atoms in total. The number of carbonyl (C=O) groups excluding carboxylic acids is 3. The third-order valence-corrected chi connectivity index (χ3v) is 10.3. The number of nitrogen functional groups attached to an aromatic ring is 1. The Bertz CT molecular complexity index is 1250. The van der Waals surface area contributed by atoms with Gasteiger partial charge in [0, 0.05) is 28.4 Å². The zero-order chi connectivity index (χ0) is 27.0. The second-order valence-corrected chi connectivity index (χ2v) is 12.0. The number of alkyl halides is 2. The average molecular weight is 530 g/mol. The quantitative estimate of drug-likeness (QED) is 0.336. The van der Waals surface area contributed by atoms with Crippen molar-refractivity contribution in [3.8, 4) is 0 Å². The van der Waals surface area contributed by atoms with Crippen LogP contribution in [0.5, 0.6) is 0 Å². The van der Waals surface area contributed by atoms with E-state index in [1.54, 1.807) is 31.2 Å². The van der Waals surface area contributed by atoms with Crippen molar-refractivity contribution in [2.75, 3.05) is 11.6 Å². The summed E-state index contributed by atoms with van der Waals surface area (Å²) in [5, 5.41) is 11.6. The largest absolute Gasteiger partial charge is 0.447 e. The van der Waals surface area contributed by atoms with Gasteiger partial charge in [0.2, 0.25) is 0 Å². The monoisotopic (exact) mass is 529 g/mol. The van der Waals surface area contributed by atoms with Gasteiger partial charge in [0.15, 0.2) is 22.8 Å². The number of hydrogen-bond acceptors (Lipinski definition) is 6. The molecule has 0 amide bonds. The number of hydrogen-bond donors (Lipinski definition) is 2. The molecule has 37 heavy (non-hydrogen) atoms. The summed E-state index contributed by atoms with van der Waals surface area (Å²) >= 11 is 6.12. The summed E-state index contributed by atoms with van der Waals surface area (Å²) in [5.74, 6) is -3.15. The van der Waals surface area contributed by atoms with Crippen molar-refractivity contribution >= 4 is 34.8 Å².